The van der Waals surface area contributed by atoms with Gasteiger partial charge in [-0.3, -0.25) is 6.08 Å². The molecule has 0 saturated heterocycles. The van der Waals surface area contributed by atoms with E-state index in [9.17, 15) is 0 Å². The third-order valence-electron chi connectivity index (χ3n) is 7.70. The molecule has 0 spiro atoms. The van der Waals surface area contributed by atoms with E-state index in [1.165, 1.54) is 82.4 Å². The van der Waals surface area contributed by atoms with Crippen LogP contribution in [-0.4, -0.2) is 3.21 Å². The van der Waals surface area contributed by atoms with Crippen LogP contribution < -0.4 is 24.8 Å². The van der Waals surface area contributed by atoms with E-state index in [1.54, 1.807) is 0 Å². The Morgan fingerprint density at radius 2 is 1.05 bits per heavy atom. The van der Waals surface area contributed by atoms with Gasteiger partial charge >= 0.3 is 112 Å². The third kappa shape index (κ3) is 10.0. The number of rotatable bonds is 2. The van der Waals surface area contributed by atoms with Gasteiger partial charge in [0.15, 0.2) is 0 Å². The molecule has 0 bridgehead atoms. The van der Waals surface area contributed by atoms with Crippen molar-refractivity contribution >= 4 is 24.8 Å². The van der Waals surface area contributed by atoms with Crippen LogP contribution in [0.2, 0.25) is 0 Å². The maximum absolute atomic E-state index is 2.99. The molecule has 0 nitrogen and oxygen atoms in total. The summed E-state index contributed by atoms with van der Waals surface area (Å²) in [5, 5.41) is 5.48. The van der Waals surface area contributed by atoms with Gasteiger partial charge in [0.25, 0.3) is 0 Å². The standard InChI is InChI=1S/C21H25.C15H14.C5H5.2ClH.Zr/c1-20(2,3)16-7-9-18-14(12-16)11-15-13-17(21(4,5)6)8-10-19(15)18;1-12-3-7-14(8-4-12)11-15-9-5-13(2)6-10-15;1-2-4-5-3-1;;;/h7-13H,1-6H3;3-10H,1-2H3;1-3H,4H2;2*1H;/q-1;;-1;;;+2/p-2. The SMILES string of the molecule is CC(C)(C)c1ccc2c(c1)[cH-]c1cc(C(C)(C)C)ccc12.Cc1ccc([C](=[Zr+2])c2ccc(C)cc2)cc1.[C-]1=CC=CC1.[Cl-].[Cl-]. The summed E-state index contributed by atoms with van der Waals surface area (Å²) in [7, 11) is 0. The van der Waals surface area contributed by atoms with Crippen LogP contribution in [0.25, 0.3) is 21.5 Å². The molecule has 44 heavy (non-hydrogen) atoms. The molecule has 3 heteroatoms. The molecule has 5 aromatic carbocycles. The first-order valence-electron chi connectivity index (χ1n) is 14.9. The normalized spacial score (nSPS) is 12.0. The fourth-order valence-corrected chi connectivity index (χ4v) is 5.72. The molecule has 0 N–H and O–H groups in total. The van der Waals surface area contributed by atoms with Gasteiger partial charge in [-0.2, -0.15) is 6.08 Å². The zero-order valence-electron chi connectivity index (χ0n) is 27.4. The van der Waals surface area contributed by atoms with E-state index in [0.717, 1.165) is 6.42 Å². The Kier molecular flexibility index (Phi) is 13.9. The monoisotopic (exact) mass is 696 g/mol. The Hall–Kier alpha value is -2.44. The summed E-state index contributed by atoms with van der Waals surface area (Å²) in [6.07, 6.45) is 10.0. The quantitative estimate of drug-likeness (QED) is 0.227. The Labute approximate surface area is 293 Å². The van der Waals surface area contributed by atoms with E-state index < -0.39 is 0 Å². The average Bonchev–Trinajstić information content (AvgIpc) is 3.64. The molecule has 1 aliphatic rings. The first-order valence-corrected chi connectivity index (χ1v) is 16.1. The first kappa shape index (κ1) is 37.7. The van der Waals surface area contributed by atoms with Crippen LogP contribution in [0.5, 0.6) is 0 Å². The summed E-state index contributed by atoms with van der Waals surface area (Å²) >= 11 is 1.46. The number of fused-ring (bicyclic) bond motifs is 3. The summed E-state index contributed by atoms with van der Waals surface area (Å²) in [4.78, 5) is 0. The van der Waals surface area contributed by atoms with Crippen LogP contribution in [0.1, 0.15) is 81.3 Å². The molecule has 0 radical (unpaired) electrons. The van der Waals surface area contributed by atoms with Crippen LogP contribution in [0.3, 0.4) is 0 Å². The topological polar surface area (TPSA) is 0 Å². The van der Waals surface area contributed by atoms with Gasteiger partial charge in [0.1, 0.15) is 0 Å². The molecule has 0 saturated carbocycles. The largest absolute Gasteiger partial charge is 1.00 e. The molecule has 0 aromatic heterocycles. The molecule has 6 rings (SSSR count). The van der Waals surface area contributed by atoms with Crippen molar-refractivity contribution in [2.24, 2.45) is 0 Å². The Morgan fingerprint density at radius 1 is 0.636 bits per heavy atom. The van der Waals surface area contributed by atoms with Crippen LogP contribution in [0.4, 0.5) is 0 Å². The Bertz CT molecular complexity index is 1590. The fourth-order valence-electron chi connectivity index (χ4n) is 4.90. The van der Waals surface area contributed by atoms with Gasteiger partial charge in [0, 0.05) is 0 Å². The zero-order chi connectivity index (χ0) is 30.5. The van der Waals surface area contributed by atoms with Crippen molar-refractivity contribution in [1.82, 2.24) is 0 Å². The molecular formula is C41H44Cl2Zr-2. The molecule has 5 aromatic rings. The van der Waals surface area contributed by atoms with E-state index in [2.05, 4.69) is 159 Å². The fraction of sp³-hybridized carbons (Fsp3) is 0.268. The number of benzene rings is 4. The summed E-state index contributed by atoms with van der Waals surface area (Å²) in [5.74, 6) is 0. The van der Waals surface area contributed by atoms with Gasteiger partial charge in [-0.05, 0) is 10.8 Å². The van der Waals surface area contributed by atoms with E-state index in [0.29, 0.717) is 0 Å². The van der Waals surface area contributed by atoms with Gasteiger partial charge in [-0.15, -0.1) is 46.2 Å². The van der Waals surface area contributed by atoms with E-state index in [1.807, 2.05) is 12.2 Å². The van der Waals surface area contributed by atoms with Gasteiger partial charge < -0.3 is 24.8 Å². The molecule has 0 fully saturated rings. The molecular weight excluding hydrogens is 655 g/mol. The number of aryl methyl sites for hydroxylation is 2. The van der Waals surface area contributed by atoms with E-state index >= 15 is 0 Å². The summed E-state index contributed by atoms with van der Waals surface area (Å²) in [6.45, 7) is 17.9. The van der Waals surface area contributed by atoms with E-state index in [4.69, 9.17) is 0 Å². The van der Waals surface area contributed by atoms with Gasteiger partial charge in [-0.1, -0.05) is 76.9 Å². The van der Waals surface area contributed by atoms with Crippen molar-refractivity contribution in [2.45, 2.75) is 72.6 Å². The van der Waals surface area contributed by atoms with Crippen molar-refractivity contribution in [3.63, 3.8) is 0 Å². The van der Waals surface area contributed by atoms with Crippen LogP contribution >= 0.6 is 0 Å². The minimum absolute atomic E-state index is 0. The summed E-state index contributed by atoms with van der Waals surface area (Å²) in [5.41, 5.74) is 8.53. The van der Waals surface area contributed by atoms with Gasteiger partial charge in [0.05, 0.1) is 0 Å². The van der Waals surface area contributed by atoms with Crippen LogP contribution in [0, 0.1) is 19.9 Å². The first-order chi connectivity index (χ1) is 19.8. The molecule has 0 atom stereocenters. The minimum atomic E-state index is 0. The Morgan fingerprint density at radius 3 is 1.34 bits per heavy atom. The molecule has 228 valence electrons. The van der Waals surface area contributed by atoms with Crippen molar-refractivity contribution < 1.29 is 49.0 Å². The predicted octanol–water partition coefficient (Wildman–Crippen LogP) is 5.04. The predicted molar refractivity (Wildman–Crippen MR) is 182 cm³/mol. The second-order valence-electron chi connectivity index (χ2n) is 13.4. The number of hydrogen-bond acceptors (Lipinski definition) is 0. The minimum Gasteiger partial charge on any atom is -1.00 e. The van der Waals surface area contributed by atoms with Crippen molar-refractivity contribution in [1.29, 1.82) is 0 Å². The molecule has 0 amide bonds. The maximum Gasteiger partial charge on any atom is -0.109 e. The number of allylic oxidation sites excluding steroid dienone is 4. The zero-order valence-corrected chi connectivity index (χ0v) is 31.3. The third-order valence-corrected chi connectivity index (χ3v) is 9.12. The van der Waals surface area contributed by atoms with Crippen molar-refractivity contribution in [3.05, 3.63) is 149 Å². The number of halogens is 2. The van der Waals surface area contributed by atoms with Crippen LogP contribution in [0.15, 0.2) is 109 Å². The number of hydrogen-bond donors (Lipinski definition) is 0. The summed E-state index contributed by atoms with van der Waals surface area (Å²) in [6, 6.07) is 33.7. The second-order valence-corrected chi connectivity index (χ2v) is 14.6. The second kappa shape index (κ2) is 16.2. The maximum atomic E-state index is 2.99. The van der Waals surface area contributed by atoms with Crippen molar-refractivity contribution in [2.75, 3.05) is 0 Å². The smallest absolute Gasteiger partial charge is 0.109 e. The van der Waals surface area contributed by atoms with Crippen molar-refractivity contribution in [3.8, 4) is 0 Å². The molecule has 0 heterocycles. The summed E-state index contributed by atoms with van der Waals surface area (Å²) < 4.78 is 1.42. The van der Waals surface area contributed by atoms with E-state index in [-0.39, 0.29) is 35.6 Å². The molecule has 1 aliphatic carbocycles. The van der Waals surface area contributed by atoms with Gasteiger partial charge in [-0.25, -0.2) is 12.2 Å². The van der Waals surface area contributed by atoms with Gasteiger partial charge in [0.2, 0.25) is 0 Å². The van der Waals surface area contributed by atoms with Crippen LogP contribution in [-0.2, 0) is 35.1 Å². The average molecular weight is 699 g/mol. The molecule has 0 aliphatic heterocycles. The molecule has 0 unspecified atom stereocenters. The Balaban J connectivity index is 0.000000260.